The molecule has 0 aromatic heterocycles. The molecule has 0 radical (unpaired) electrons. The Hall–Kier alpha value is -0.360. The molecule has 0 bridgehead atoms. The zero-order valence-electron chi connectivity index (χ0n) is 6.87. The zero-order chi connectivity index (χ0) is 8.27. The molecule has 0 aromatic rings. The highest BCUT2D eigenvalue weighted by molar-refractivity contribution is 5.85. The first-order valence-electron chi connectivity index (χ1n) is 3.54. The molecule has 0 spiro atoms. The van der Waals surface area contributed by atoms with Gasteiger partial charge in [-0.05, 0) is 6.42 Å². The highest BCUT2D eigenvalue weighted by atomic mass is 35.5. The monoisotopic (exact) mass is 195 g/mol. The predicted octanol–water partition coefficient (Wildman–Crippen LogP) is -1.22. The molecule has 6 heteroatoms. The highest BCUT2D eigenvalue weighted by Gasteiger charge is 2.28. The zero-order valence-corrected chi connectivity index (χ0v) is 7.69. The summed E-state index contributed by atoms with van der Waals surface area (Å²) in [6.45, 7) is 0.717. The molecule has 1 saturated heterocycles. The lowest BCUT2D eigenvalue weighted by atomic mass is 10.2. The SMILES string of the molecule is CO[C@@H]1CN[C@@H](C(=O)NN)C1.Cl. The van der Waals surface area contributed by atoms with E-state index < -0.39 is 0 Å². The van der Waals surface area contributed by atoms with E-state index in [0.29, 0.717) is 13.0 Å². The van der Waals surface area contributed by atoms with Gasteiger partial charge in [0, 0.05) is 13.7 Å². The second kappa shape index (κ2) is 5.31. The Bertz CT molecular complexity index is 156. The van der Waals surface area contributed by atoms with Gasteiger partial charge in [0.15, 0.2) is 0 Å². The lowest BCUT2D eigenvalue weighted by Gasteiger charge is -2.06. The van der Waals surface area contributed by atoms with Gasteiger partial charge in [-0.25, -0.2) is 5.84 Å². The number of carbonyl (C=O) groups excluding carboxylic acids is 1. The topological polar surface area (TPSA) is 76.4 Å². The summed E-state index contributed by atoms with van der Waals surface area (Å²) in [5.74, 6) is 4.78. The van der Waals surface area contributed by atoms with E-state index in [4.69, 9.17) is 10.6 Å². The summed E-state index contributed by atoms with van der Waals surface area (Å²) in [5.41, 5.74) is 2.09. The summed E-state index contributed by atoms with van der Waals surface area (Å²) < 4.78 is 5.05. The maximum atomic E-state index is 10.9. The molecule has 1 fully saturated rings. The van der Waals surface area contributed by atoms with E-state index in [0.717, 1.165) is 0 Å². The quantitative estimate of drug-likeness (QED) is 0.293. The number of rotatable bonds is 2. The molecule has 1 amide bonds. The second-order valence-corrected chi connectivity index (χ2v) is 2.56. The van der Waals surface area contributed by atoms with Gasteiger partial charge in [0.05, 0.1) is 12.1 Å². The molecule has 0 aliphatic carbocycles. The summed E-state index contributed by atoms with van der Waals surface area (Å²) in [5, 5.41) is 2.99. The van der Waals surface area contributed by atoms with Crippen LogP contribution in [0.15, 0.2) is 0 Å². The van der Waals surface area contributed by atoms with Gasteiger partial charge in [-0.3, -0.25) is 10.2 Å². The van der Waals surface area contributed by atoms with Crippen LogP contribution in [0.5, 0.6) is 0 Å². The number of amides is 1. The molecule has 12 heavy (non-hydrogen) atoms. The molecule has 1 aliphatic rings. The van der Waals surface area contributed by atoms with Gasteiger partial charge >= 0.3 is 0 Å². The van der Waals surface area contributed by atoms with Crippen LogP contribution in [-0.4, -0.2) is 31.7 Å². The van der Waals surface area contributed by atoms with Gasteiger partial charge in [-0.2, -0.15) is 0 Å². The van der Waals surface area contributed by atoms with Crippen LogP contribution in [0.3, 0.4) is 0 Å². The maximum Gasteiger partial charge on any atom is 0.251 e. The summed E-state index contributed by atoms with van der Waals surface area (Å²) in [6, 6.07) is -0.190. The van der Waals surface area contributed by atoms with Crippen LogP contribution in [0.25, 0.3) is 0 Å². The third-order valence-corrected chi connectivity index (χ3v) is 1.88. The minimum Gasteiger partial charge on any atom is -0.380 e. The van der Waals surface area contributed by atoms with Crippen LogP contribution in [0.1, 0.15) is 6.42 Å². The molecule has 4 N–H and O–H groups in total. The van der Waals surface area contributed by atoms with Crippen molar-refractivity contribution in [3.63, 3.8) is 0 Å². The largest absolute Gasteiger partial charge is 0.380 e. The van der Waals surface area contributed by atoms with E-state index in [9.17, 15) is 4.79 Å². The first kappa shape index (κ1) is 11.6. The van der Waals surface area contributed by atoms with Crippen molar-refractivity contribution in [2.75, 3.05) is 13.7 Å². The smallest absolute Gasteiger partial charge is 0.251 e. The van der Waals surface area contributed by atoms with Crippen molar-refractivity contribution in [2.24, 2.45) is 5.84 Å². The predicted molar refractivity (Wildman–Crippen MR) is 46.8 cm³/mol. The van der Waals surface area contributed by atoms with Crippen molar-refractivity contribution in [3.8, 4) is 0 Å². The molecule has 0 unspecified atom stereocenters. The fourth-order valence-corrected chi connectivity index (χ4v) is 1.18. The molecular weight excluding hydrogens is 182 g/mol. The van der Waals surface area contributed by atoms with Crippen LogP contribution in [0.4, 0.5) is 0 Å². The minimum atomic E-state index is -0.190. The normalized spacial score (nSPS) is 27.8. The molecule has 2 atom stereocenters. The van der Waals surface area contributed by atoms with Crippen LogP contribution < -0.4 is 16.6 Å². The van der Waals surface area contributed by atoms with Crippen molar-refractivity contribution >= 4 is 18.3 Å². The molecule has 1 aliphatic heterocycles. The van der Waals surface area contributed by atoms with Gasteiger partial charge in [-0.15, -0.1) is 12.4 Å². The van der Waals surface area contributed by atoms with Gasteiger partial charge in [0.2, 0.25) is 0 Å². The van der Waals surface area contributed by atoms with Crippen LogP contribution in [0, 0.1) is 0 Å². The van der Waals surface area contributed by atoms with Crippen molar-refractivity contribution in [1.29, 1.82) is 0 Å². The van der Waals surface area contributed by atoms with Gasteiger partial charge in [-0.1, -0.05) is 0 Å². The van der Waals surface area contributed by atoms with Crippen LogP contribution >= 0.6 is 12.4 Å². The number of nitrogens with one attached hydrogen (secondary N) is 2. The standard InChI is InChI=1S/C6H13N3O2.ClH/c1-11-4-2-5(8-3-4)6(10)9-7;/h4-5,8H,2-3,7H2,1H3,(H,9,10);1H/t4-,5+;/m0./s1. The Morgan fingerprint density at radius 2 is 2.42 bits per heavy atom. The third kappa shape index (κ3) is 2.60. The van der Waals surface area contributed by atoms with Crippen molar-refractivity contribution in [3.05, 3.63) is 0 Å². The number of methoxy groups -OCH3 is 1. The van der Waals surface area contributed by atoms with Crippen LogP contribution in [-0.2, 0) is 9.53 Å². The number of ether oxygens (including phenoxy) is 1. The summed E-state index contributed by atoms with van der Waals surface area (Å²) >= 11 is 0. The minimum absolute atomic E-state index is 0. The lowest BCUT2D eigenvalue weighted by Crippen LogP contribution is -2.43. The number of nitrogens with two attached hydrogens (primary N) is 1. The Morgan fingerprint density at radius 1 is 1.75 bits per heavy atom. The van der Waals surface area contributed by atoms with E-state index in [1.165, 1.54) is 0 Å². The highest BCUT2D eigenvalue weighted by Crippen LogP contribution is 2.08. The van der Waals surface area contributed by atoms with E-state index in [-0.39, 0.29) is 30.5 Å². The summed E-state index contributed by atoms with van der Waals surface area (Å²) in [6.07, 6.45) is 0.830. The molecular formula is C6H14ClN3O2. The third-order valence-electron chi connectivity index (χ3n) is 1.88. The first-order chi connectivity index (χ1) is 5.27. The van der Waals surface area contributed by atoms with Gasteiger partial charge in [0.25, 0.3) is 5.91 Å². The first-order valence-corrected chi connectivity index (χ1v) is 3.54. The summed E-state index contributed by atoms with van der Waals surface area (Å²) in [4.78, 5) is 10.9. The van der Waals surface area contributed by atoms with E-state index in [2.05, 4.69) is 10.7 Å². The fraction of sp³-hybridized carbons (Fsp3) is 0.833. The fourth-order valence-electron chi connectivity index (χ4n) is 1.18. The molecule has 0 aromatic carbocycles. The number of hydrazine groups is 1. The van der Waals surface area contributed by atoms with Crippen molar-refractivity contribution in [2.45, 2.75) is 18.6 Å². The molecule has 1 rings (SSSR count). The van der Waals surface area contributed by atoms with Crippen molar-refractivity contribution < 1.29 is 9.53 Å². The summed E-state index contributed by atoms with van der Waals surface area (Å²) in [7, 11) is 1.63. The van der Waals surface area contributed by atoms with E-state index >= 15 is 0 Å². The molecule has 5 nitrogen and oxygen atoms in total. The van der Waals surface area contributed by atoms with Gasteiger partial charge < -0.3 is 10.1 Å². The molecule has 0 saturated carbocycles. The lowest BCUT2D eigenvalue weighted by molar-refractivity contribution is -0.123. The Labute approximate surface area is 77.4 Å². The second-order valence-electron chi connectivity index (χ2n) is 2.56. The molecule has 72 valence electrons. The number of hydrogen-bond donors (Lipinski definition) is 3. The van der Waals surface area contributed by atoms with Crippen LogP contribution in [0.2, 0.25) is 0 Å². The molecule has 1 heterocycles. The van der Waals surface area contributed by atoms with E-state index in [1.807, 2.05) is 0 Å². The van der Waals surface area contributed by atoms with Gasteiger partial charge in [0.1, 0.15) is 0 Å². The average molecular weight is 196 g/mol. The van der Waals surface area contributed by atoms with Crippen molar-refractivity contribution in [1.82, 2.24) is 10.7 Å². The number of carbonyl (C=O) groups is 1. The Balaban J connectivity index is 0.00000121. The maximum absolute atomic E-state index is 10.9. The number of hydrogen-bond acceptors (Lipinski definition) is 4. The Morgan fingerprint density at radius 3 is 2.83 bits per heavy atom. The Kier molecular flexibility index (Phi) is 5.16. The average Bonchev–Trinajstić information content (AvgIpc) is 2.50. The number of halogens is 1. The van der Waals surface area contributed by atoms with E-state index in [1.54, 1.807) is 7.11 Å².